The van der Waals surface area contributed by atoms with Crippen molar-refractivity contribution in [1.82, 2.24) is 15.2 Å². The smallest absolute Gasteiger partial charge is 0.246 e. The van der Waals surface area contributed by atoms with Crippen LogP contribution in [0, 0.1) is 11.8 Å². The van der Waals surface area contributed by atoms with Crippen LogP contribution in [0.4, 0.5) is 5.69 Å². The third-order valence-electron chi connectivity index (χ3n) is 8.80. The highest BCUT2D eigenvalue weighted by Crippen LogP contribution is 2.55. The number of fused-ring (bicyclic) bond motifs is 1. The zero-order valence-corrected chi connectivity index (χ0v) is 22.5. The largest absolute Gasteiger partial charge is 0.359 e. The quantitative estimate of drug-likeness (QED) is 0.530. The minimum atomic E-state index is -1.17. The third kappa shape index (κ3) is 4.54. The number of anilines is 1. The van der Waals surface area contributed by atoms with E-state index in [0.717, 1.165) is 31.2 Å². The molecule has 1 aromatic carbocycles. The molecule has 1 saturated carbocycles. The van der Waals surface area contributed by atoms with E-state index in [1.54, 1.807) is 17.3 Å². The van der Waals surface area contributed by atoms with E-state index in [9.17, 15) is 14.4 Å². The standard InChI is InChI=1S/C31H36N4O4/c1-19(2)21-10-12-23(13-11-21)33-28(36)25-24-14-15-31(39-24)26(25)30(38)35(18-20-7-6-16-32-17-20)27(31)29(37)34-22-8-4-3-5-9-22/h6-7,10-17,19,22,24-27H,3-5,8-9,18H2,1-2H3,(H,33,36)(H,34,37)/t24-,25+,26-,27+,31-/m1/s1. The minimum absolute atomic E-state index is 0.0903. The van der Waals surface area contributed by atoms with Crippen molar-refractivity contribution in [1.29, 1.82) is 0 Å². The van der Waals surface area contributed by atoms with Crippen LogP contribution in [-0.4, -0.2) is 51.4 Å². The molecule has 1 aliphatic carbocycles. The average Bonchev–Trinajstić information content (AvgIpc) is 3.58. The van der Waals surface area contributed by atoms with Gasteiger partial charge in [0.2, 0.25) is 17.7 Å². The molecule has 204 valence electrons. The lowest BCUT2D eigenvalue weighted by molar-refractivity contribution is -0.142. The molecule has 2 saturated heterocycles. The number of likely N-dealkylation sites (tertiary alicyclic amines) is 1. The molecule has 3 amide bonds. The Kier molecular flexibility index (Phi) is 6.75. The van der Waals surface area contributed by atoms with Crippen LogP contribution in [0.25, 0.3) is 0 Å². The number of aromatic nitrogens is 1. The molecule has 39 heavy (non-hydrogen) atoms. The molecule has 0 unspecified atom stereocenters. The monoisotopic (exact) mass is 528 g/mol. The predicted octanol–water partition coefficient (Wildman–Crippen LogP) is 3.94. The maximum absolute atomic E-state index is 14.1. The van der Waals surface area contributed by atoms with Gasteiger partial charge in [0.15, 0.2) is 0 Å². The van der Waals surface area contributed by atoms with Gasteiger partial charge in [0.25, 0.3) is 0 Å². The molecule has 1 aromatic heterocycles. The van der Waals surface area contributed by atoms with E-state index in [-0.39, 0.29) is 30.3 Å². The third-order valence-corrected chi connectivity index (χ3v) is 8.80. The summed E-state index contributed by atoms with van der Waals surface area (Å²) in [6, 6.07) is 10.7. The van der Waals surface area contributed by atoms with Gasteiger partial charge in [0.1, 0.15) is 11.6 Å². The summed E-state index contributed by atoms with van der Waals surface area (Å²) in [6.45, 7) is 4.46. The van der Waals surface area contributed by atoms with Crippen LogP contribution in [0.2, 0.25) is 0 Å². The van der Waals surface area contributed by atoms with Crippen molar-refractivity contribution < 1.29 is 19.1 Å². The second-order valence-corrected chi connectivity index (χ2v) is 11.6. The Morgan fingerprint density at radius 1 is 1.10 bits per heavy atom. The van der Waals surface area contributed by atoms with E-state index in [1.807, 2.05) is 48.6 Å². The van der Waals surface area contributed by atoms with Crippen LogP contribution in [-0.2, 0) is 25.7 Å². The van der Waals surface area contributed by atoms with E-state index < -0.39 is 29.6 Å². The molecule has 4 heterocycles. The molecular formula is C31H36N4O4. The molecular weight excluding hydrogens is 492 g/mol. The number of pyridine rings is 1. The van der Waals surface area contributed by atoms with Gasteiger partial charge in [-0.2, -0.15) is 0 Å². The summed E-state index contributed by atoms with van der Waals surface area (Å²) in [6.07, 6.45) is 11.8. The highest BCUT2D eigenvalue weighted by atomic mass is 16.5. The van der Waals surface area contributed by atoms with Gasteiger partial charge in [0.05, 0.1) is 17.9 Å². The second kappa shape index (κ2) is 10.2. The first kappa shape index (κ1) is 25.7. The van der Waals surface area contributed by atoms with Gasteiger partial charge >= 0.3 is 0 Å². The number of carbonyl (C=O) groups excluding carboxylic acids is 3. The fourth-order valence-corrected chi connectivity index (χ4v) is 6.83. The molecule has 4 aliphatic rings. The minimum Gasteiger partial charge on any atom is -0.359 e. The van der Waals surface area contributed by atoms with Gasteiger partial charge in [-0.05, 0) is 48.1 Å². The first-order chi connectivity index (χ1) is 18.9. The Labute approximate surface area is 229 Å². The van der Waals surface area contributed by atoms with Crippen LogP contribution in [0.3, 0.4) is 0 Å². The van der Waals surface area contributed by atoms with Crippen LogP contribution in [0.1, 0.15) is 63.0 Å². The summed E-state index contributed by atoms with van der Waals surface area (Å²) in [5.74, 6) is -1.83. The number of ether oxygens (including phenoxy) is 1. The summed E-state index contributed by atoms with van der Waals surface area (Å²) >= 11 is 0. The van der Waals surface area contributed by atoms with Gasteiger partial charge in [-0.15, -0.1) is 0 Å². The number of benzene rings is 1. The number of nitrogens with one attached hydrogen (secondary N) is 2. The number of rotatable bonds is 7. The zero-order chi connectivity index (χ0) is 27.1. The molecule has 1 spiro atoms. The predicted molar refractivity (Wildman–Crippen MR) is 146 cm³/mol. The lowest BCUT2D eigenvalue weighted by Crippen LogP contribution is -2.56. The van der Waals surface area contributed by atoms with Crippen LogP contribution < -0.4 is 10.6 Å². The Morgan fingerprint density at radius 3 is 2.56 bits per heavy atom. The van der Waals surface area contributed by atoms with Crippen LogP contribution in [0.5, 0.6) is 0 Å². The lowest BCUT2D eigenvalue weighted by atomic mass is 9.74. The van der Waals surface area contributed by atoms with Crippen molar-refractivity contribution in [2.45, 2.75) is 82.2 Å². The van der Waals surface area contributed by atoms with Crippen molar-refractivity contribution >= 4 is 23.4 Å². The summed E-state index contributed by atoms with van der Waals surface area (Å²) in [5, 5.41) is 6.23. The number of carbonyl (C=O) groups is 3. The molecule has 0 radical (unpaired) electrons. The first-order valence-electron chi connectivity index (χ1n) is 14.1. The molecule has 6 rings (SSSR count). The molecule has 8 heteroatoms. The van der Waals surface area contributed by atoms with Crippen molar-refractivity contribution in [3.05, 3.63) is 72.1 Å². The molecule has 3 fully saturated rings. The van der Waals surface area contributed by atoms with Crippen LogP contribution >= 0.6 is 0 Å². The van der Waals surface area contributed by atoms with Crippen molar-refractivity contribution in [2.75, 3.05) is 5.32 Å². The molecule has 2 bridgehead atoms. The molecule has 2 aromatic rings. The summed E-state index contributed by atoms with van der Waals surface area (Å²) in [7, 11) is 0. The number of amides is 3. The lowest BCUT2D eigenvalue weighted by Gasteiger charge is -2.34. The number of nitrogens with zero attached hydrogens (tertiary/aromatic N) is 2. The first-order valence-corrected chi connectivity index (χ1v) is 14.1. The highest BCUT2D eigenvalue weighted by molar-refractivity contribution is 6.02. The Hall–Kier alpha value is -3.52. The number of hydrogen-bond donors (Lipinski definition) is 2. The maximum atomic E-state index is 14.1. The van der Waals surface area contributed by atoms with E-state index >= 15 is 0 Å². The van der Waals surface area contributed by atoms with Crippen LogP contribution in [0.15, 0.2) is 60.9 Å². The normalized spacial score (nSPS) is 29.6. The van der Waals surface area contributed by atoms with Crippen molar-refractivity contribution in [3.63, 3.8) is 0 Å². The van der Waals surface area contributed by atoms with Gasteiger partial charge < -0.3 is 20.3 Å². The van der Waals surface area contributed by atoms with Crippen molar-refractivity contribution in [3.8, 4) is 0 Å². The van der Waals surface area contributed by atoms with E-state index in [0.29, 0.717) is 11.6 Å². The summed E-state index contributed by atoms with van der Waals surface area (Å²) in [5.41, 5.74) is 1.51. The van der Waals surface area contributed by atoms with Gasteiger partial charge in [-0.3, -0.25) is 19.4 Å². The van der Waals surface area contributed by atoms with E-state index in [1.165, 1.54) is 12.0 Å². The highest BCUT2D eigenvalue weighted by Gasteiger charge is 2.72. The zero-order valence-electron chi connectivity index (χ0n) is 22.5. The molecule has 3 aliphatic heterocycles. The maximum Gasteiger partial charge on any atom is 0.246 e. The average molecular weight is 529 g/mol. The topological polar surface area (TPSA) is 101 Å². The van der Waals surface area contributed by atoms with E-state index in [2.05, 4.69) is 29.5 Å². The van der Waals surface area contributed by atoms with Gasteiger partial charge in [0, 0.05) is 30.7 Å². The fourth-order valence-electron chi connectivity index (χ4n) is 6.83. The Bertz CT molecular complexity index is 1270. The van der Waals surface area contributed by atoms with Gasteiger partial charge in [-0.25, -0.2) is 0 Å². The second-order valence-electron chi connectivity index (χ2n) is 11.6. The Balaban J connectivity index is 1.29. The number of hydrogen-bond acceptors (Lipinski definition) is 5. The molecule has 2 N–H and O–H groups in total. The van der Waals surface area contributed by atoms with E-state index in [4.69, 9.17) is 4.74 Å². The summed E-state index contributed by atoms with van der Waals surface area (Å²) < 4.78 is 6.46. The molecule has 8 nitrogen and oxygen atoms in total. The SMILES string of the molecule is CC(C)c1ccc(NC(=O)[C@H]2[C@H]3C=C[C@]4(O3)[C@H](C(=O)NC3CCCCC3)N(Cc3cccnc3)C(=O)[C@@H]24)cc1. The fraction of sp³-hybridized carbons (Fsp3) is 0.484. The summed E-state index contributed by atoms with van der Waals surface area (Å²) in [4.78, 5) is 47.5. The van der Waals surface area contributed by atoms with Gasteiger partial charge in [-0.1, -0.05) is 63.5 Å². The van der Waals surface area contributed by atoms with Crippen molar-refractivity contribution in [2.24, 2.45) is 11.8 Å². The Morgan fingerprint density at radius 2 is 1.87 bits per heavy atom. The molecule has 5 atom stereocenters.